The Hall–Kier alpha value is -1.36. The van der Waals surface area contributed by atoms with Gasteiger partial charge in [-0.3, -0.25) is 0 Å². The van der Waals surface area contributed by atoms with E-state index in [1.54, 1.807) is 13.2 Å². The second-order valence-corrected chi connectivity index (χ2v) is 5.50. The van der Waals surface area contributed by atoms with Gasteiger partial charge < -0.3 is 19.3 Å². The second-order valence-electron chi connectivity index (χ2n) is 5.50. The molecule has 4 nitrogen and oxygen atoms in total. The molecule has 1 heterocycles. The zero-order chi connectivity index (χ0) is 15.2. The van der Waals surface area contributed by atoms with E-state index < -0.39 is 6.10 Å². The summed E-state index contributed by atoms with van der Waals surface area (Å²) >= 11 is 0. The molecule has 0 aromatic heterocycles. The number of aliphatic hydroxyl groups excluding tert-OH is 1. The summed E-state index contributed by atoms with van der Waals surface area (Å²) in [6.07, 6.45) is 1.87. The Balaban J connectivity index is 1.68. The van der Waals surface area contributed by atoms with E-state index in [2.05, 4.69) is 13.5 Å². The molecule has 1 saturated heterocycles. The van der Waals surface area contributed by atoms with Crippen molar-refractivity contribution in [3.05, 3.63) is 42.5 Å². The van der Waals surface area contributed by atoms with Gasteiger partial charge in [-0.05, 0) is 24.1 Å². The van der Waals surface area contributed by atoms with Crippen molar-refractivity contribution in [1.82, 2.24) is 0 Å². The predicted octanol–water partition coefficient (Wildman–Crippen LogP) is 2.55. The topological polar surface area (TPSA) is 51.2 Å². The summed E-state index contributed by atoms with van der Waals surface area (Å²) in [4.78, 5) is 0. The van der Waals surface area contributed by atoms with E-state index in [4.69, 9.17) is 14.2 Å². The summed E-state index contributed by atoms with van der Waals surface area (Å²) in [5.41, 5.74) is 1.11. The van der Waals surface area contributed by atoms with Crippen LogP contribution in [0.25, 0.3) is 0 Å². The molecule has 0 bridgehead atoms. The lowest BCUT2D eigenvalue weighted by Gasteiger charge is -2.11. The quantitative estimate of drug-likeness (QED) is 0.561. The van der Waals surface area contributed by atoms with Gasteiger partial charge in [0.15, 0.2) is 0 Å². The van der Waals surface area contributed by atoms with Crippen LogP contribution in [0.15, 0.2) is 36.9 Å². The van der Waals surface area contributed by atoms with Crippen molar-refractivity contribution in [2.24, 2.45) is 5.92 Å². The monoisotopic (exact) mass is 292 g/mol. The summed E-state index contributed by atoms with van der Waals surface area (Å²) in [6, 6.07) is 7.84. The zero-order valence-electron chi connectivity index (χ0n) is 12.7. The Morgan fingerprint density at radius 1 is 1.33 bits per heavy atom. The number of hydrogen-bond acceptors (Lipinski definition) is 4. The van der Waals surface area contributed by atoms with Crippen LogP contribution < -0.4 is 4.74 Å². The van der Waals surface area contributed by atoms with Gasteiger partial charge >= 0.3 is 0 Å². The average molecular weight is 292 g/mol. The van der Waals surface area contributed by atoms with Gasteiger partial charge in [-0.15, -0.1) is 6.58 Å². The maximum atomic E-state index is 9.81. The van der Waals surface area contributed by atoms with Gasteiger partial charge in [0.1, 0.15) is 11.9 Å². The number of hydrogen-bond donors (Lipinski definition) is 1. The molecule has 2 rings (SSSR count). The third-order valence-electron chi connectivity index (χ3n) is 3.72. The molecule has 1 fully saturated rings. The molecule has 1 aliphatic rings. The highest BCUT2D eigenvalue weighted by Gasteiger charge is 2.46. The molecular formula is C17H24O4. The standard InChI is InChI=1S/C17H24O4/c1-4-5-15(18)17-16(21-17)12(2)10-20-11-13-6-8-14(19-3)9-7-13/h4,6-9,12,15-18H,1,5,10-11H2,2-3H3/t12-,15-,16-,17+/m0/s1. The van der Waals surface area contributed by atoms with Crippen molar-refractivity contribution in [2.75, 3.05) is 13.7 Å². The fourth-order valence-electron chi connectivity index (χ4n) is 2.39. The van der Waals surface area contributed by atoms with Crippen LogP contribution in [0, 0.1) is 5.92 Å². The fourth-order valence-corrected chi connectivity index (χ4v) is 2.39. The van der Waals surface area contributed by atoms with E-state index in [0.717, 1.165) is 11.3 Å². The minimum Gasteiger partial charge on any atom is -0.497 e. The molecule has 4 atom stereocenters. The van der Waals surface area contributed by atoms with Crippen LogP contribution in [-0.2, 0) is 16.1 Å². The van der Waals surface area contributed by atoms with Crippen LogP contribution in [-0.4, -0.2) is 37.1 Å². The van der Waals surface area contributed by atoms with E-state index in [-0.39, 0.29) is 18.1 Å². The van der Waals surface area contributed by atoms with Crippen molar-refractivity contribution in [2.45, 2.75) is 38.3 Å². The van der Waals surface area contributed by atoms with E-state index in [1.807, 2.05) is 24.3 Å². The summed E-state index contributed by atoms with van der Waals surface area (Å²) in [5.74, 6) is 1.12. The molecule has 0 radical (unpaired) electrons. The number of methoxy groups -OCH3 is 1. The molecule has 4 heteroatoms. The zero-order valence-corrected chi connectivity index (χ0v) is 12.7. The number of epoxide rings is 1. The van der Waals surface area contributed by atoms with Crippen LogP contribution in [0.5, 0.6) is 5.75 Å². The number of aliphatic hydroxyl groups is 1. The SMILES string of the molecule is C=CC[C@H](O)[C@H]1O[C@H]1[C@@H](C)COCc1ccc(OC)cc1. The molecule has 0 amide bonds. The minimum atomic E-state index is -0.448. The van der Waals surface area contributed by atoms with Crippen LogP contribution in [0.1, 0.15) is 18.9 Å². The van der Waals surface area contributed by atoms with Gasteiger partial charge in [-0.1, -0.05) is 25.1 Å². The molecule has 116 valence electrons. The van der Waals surface area contributed by atoms with Gasteiger partial charge in [-0.25, -0.2) is 0 Å². The van der Waals surface area contributed by atoms with Gasteiger partial charge in [0.25, 0.3) is 0 Å². The molecule has 0 spiro atoms. The first kappa shape index (κ1) is 16.0. The lowest BCUT2D eigenvalue weighted by molar-refractivity contribution is 0.0824. The molecule has 1 aliphatic heterocycles. The highest BCUT2D eigenvalue weighted by molar-refractivity contribution is 5.26. The second kappa shape index (κ2) is 7.59. The van der Waals surface area contributed by atoms with E-state index >= 15 is 0 Å². The van der Waals surface area contributed by atoms with Crippen LogP contribution >= 0.6 is 0 Å². The summed E-state index contributed by atoms with van der Waals surface area (Å²) in [7, 11) is 1.65. The van der Waals surface area contributed by atoms with E-state index in [1.165, 1.54) is 0 Å². The smallest absolute Gasteiger partial charge is 0.118 e. The molecular weight excluding hydrogens is 268 g/mol. The third-order valence-corrected chi connectivity index (χ3v) is 3.72. The first-order valence-electron chi connectivity index (χ1n) is 7.30. The van der Waals surface area contributed by atoms with Gasteiger partial charge in [0.05, 0.1) is 32.5 Å². The Morgan fingerprint density at radius 3 is 2.67 bits per heavy atom. The molecule has 0 aliphatic carbocycles. The van der Waals surface area contributed by atoms with E-state index in [9.17, 15) is 5.11 Å². The van der Waals surface area contributed by atoms with Crippen molar-refractivity contribution in [1.29, 1.82) is 0 Å². The highest BCUT2D eigenvalue weighted by atomic mass is 16.6. The molecule has 1 aromatic rings. The lowest BCUT2D eigenvalue weighted by Crippen LogP contribution is -2.21. The number of ether oxygens (including phenoxy) is 3. The maximum Gasteiger partial charge on any atom is 0.118 e. The Morgan fingerprint density at radius 2 is 2.05 bits per heavy atom. The normalized spacial score (nSPS) is 23.4. The Labute approximate surface area is 126 Å². The molecule has 0 saturated carbocycles. The van der Waals surface area contributed by atoms with Gasteiger partial charge in [0.2, 0.25) is 0 Å². The first-order valence-corrected chi connectivity index (χ1v) is 7.30. The molecule has 21 heavy (non-hydrogen) atoms. The number of benzene rings is 1. The lowest BCUT2D eigenvalue weighted by atomic mass is 10.0. The Bertz CT molecular complexity index is 443. The molecule has 0 unspecified atom stereocenters. The van der Waals surface area contributed by atoms with Crippen LogP contribution in [0.3, 0.4) is 0 Å². The van der Waals surface area contributed by atoms with Crippen molar-refractivity contribution in [3.8, 4) is 5.75 Å². The predicted molar refractivity (Wildman–Crippen MR) is 81.3 cm³/mol. The van der Waals surface area contributed by atoms with Crippen molar-refractivity contribution in [3.63, 3.8) is 0 Å². The van der Waals surface area contributed by atoms with Crippen LogP contribution in [0.2, 0.25) is 0 Å². The summed E-state index contributed by atoms with van der Waals surface area (Å²) in [6.45, 7) is 6.90. The minimum absolute atomic E-state index is 0.0670. The summed E-state index contributed by atoms with van der Waals surface area (Å²) in [5, 5.41) is 9.81. The fraction of sp³-hybridized carbons (Fsp3) is 0.529. The number of rotatable bonds is 9. The Kier molecular flexibility index (Phi) is 5.79. The van der Waals surface area contributed by atoms with Gasteiger partial charge in [0, 0.05) is 5.92 Å². The summed E-state index contributed by atoms with van der Waals surface area (Å²) < 4.78 is 16.4. The largest absolute Gasteiger partial charge is 0.497 e. The van der Waals surface area contributed by atoms with Crippen molar-refractivity contribution < 1.29 is 19.3 Å². The first-order chi connectivity index (χ1) is 10.2. The van der Waals surface area contributed by atoms with Gasteiger partial charge in [-0.2, -0.15) is 0 Å². The molecule has 1 N–H and O–H groups in total. The van der Waals surface area contributed by atoms with E-state index in [0.29, 0.717) is 19.6 Å². The maximum absolute atomic E-state index is 9.81. The molecule has 1 aromatic carbocycles. The average Bonchev–Trinajstić information content (AvgIpc) is 3.29. The van der Waals surface area contributed by atoms with Crippen molar-refractivity contribution >= 4 is 0 Å². The highest BCUT2D eigenvalue weighted by Crippen LogP contribution is 2.33. The van der Waals surface area contributed by atoms with Crippen LogP contribution in [0.4, 0.5) is 0 Å². The third kappa shape index (κ3) is 4.56.